The first-order chi connectivity index (χ1) is 29.4. The lowest BCUT2D eigenvalue weighted by Gasteiger charge is -2.22. The Labute approximate surface area is 366 Å². The summed E-state index contributed by atoms with van der Waals surface area (Å²) in [6, 6.07) is 19.8. The Kier molecular flexibility index (Phi) is 15.3. The molecule has 6 rings (SSSR count). The van der Waals surface area contributed by atoms with Crippen molar-refractivity contribution in [2.24, 2.45) is 23.7 Å². The Morgan fingerprint density at radius 2 is 1.00 bits per heavy atom. The number of carbonyl (C=O) groups excluding carboxylic acids is 4. The van der Waals surface area contributed by atoms with Gasteiger partial charge in [0, 0.05) is 36.9 Å². The lowest BCUT2D eigenvalue weighted by molar-refractivity contribution is -0.145. The molecule has 2 N–H and O–H groups in total. The number of para-hydroxylation sites is 2. The van der Waals surface area contributed by atoms with Crippen LogP contribution in [-0.4, -0.2) is 81.7 Å². The smallest absolute Gasteiger partial charge is 0.407 e. The van der Waals surface area contributed by atoms with Gasteiger partial charge in [0.25, 0.3) is 0 Å². The van der Waals surface area contributed by atoms with Gasteiger partial charge in [-0.15, -0.1) is 0 Å². The molecule has 0 bridgehead atoms. The molecule has 14 nitrogen and oxygen atoms in total. The molecule has 2 heterocycles. The first-order valence-electron chi connectivity index (χ1n) is 21.7. The maximum atomic E-state index is 12.8. The minimum Gasteiger partial charge on any atom is -0.468 e. The van der Waals surface area contributed by atoms with Gasteiger partial charge in [-0.1, -0.05) is 63.1 Å². The molecular weight excluding hydrogens is 789 g/mol. The van der Waals surface area contributed by atoms with Gasteiger partial charge in [0.1, 0.15) is 22.0 Å². The predicted octanol–water partition coefficient (Wildman–Crippen LogP) is 8.49. The van der Waals surface area contributed by atoms with Crippen molar-refractivity contribution in [3.63, 3.8) is 0 Å². The number of methoxy groups -OCH3 is 2. The number of ether oxygens (including phenoxy) is 4. The molecule has 6 atom stereocenters. The lowest BCUT2D eigenvalue weighted by atomic mass is 9.92. The second kappa shape index (κ2) is 20.0. The van der Waals surface area contributed by atoms with Crippen molar-refractivity contribution in [2.75, 3.05) is 27.3 Å². The Morgan fingerprint density at radius 3 is 1.31 bits per heavy atom. The van der Waals surface area contributed by atoms with E-state index in [1.165, 1.54) is 14.2 Å². The molecule has 2 fully saturated rings. The minimum atomic E-state index is -0.714. The molecular formula is C48H66N6O8. The van der Waals surface area contributed by atoms with Crippen molar-refractivity contribution < 1.29 is 38.1 Å². The van der Waals surface area contributed by atoms with E-state index < -0.39 is 34.2 Å². The molecule has 0 aliphatic heterocycles. The Balaban J connectivity index is 0.000000234. The van der Waals surface area contributed by atoms with E-state index in [9.17, 15) is 19.2 Å². The van der Waals surface area contributed by atoms with E-state index in [1.54, 1.807) is 12.7 Å². The first kappa shape index (κ1) is 47.4. The van der Waals surface area contributed by atoms with Crippen LogP contribution in [0, 0.1) is 23.7 Å². The van der Waals surface area contributed by atoms with Crippen LogP contribution in [0.4, 0.5) is 9.59 Å². The van der Waals surface area contributed by atoms with E-state index >= 15 is 0 Å². The summed E-state index contributed by atoms with van der Waals surface area (Å²) in [6.45, 7) is 16.2. The van der Waals surface area contributed by atoms with Crippen LogP contribution < -0.4 is 10.6 Å². The molecule has 62 heavy (non-hydrogen) atoms. The third kappa shape index (κ3) is 11.8. The molecule has 2 aliphatic rings. The third-order valence-electron chi connectivity index (χ3n) is 11.8. The molecule has 0 radical (unpaired) electrons. The van der Waals surface area contributed by atoms with Gasteiger partial charge in [-0.05, 0) is 115 Å². The van der Waals surface area contributed by atoms with E-state index in [-0.39, 0.29) is 35.6 Å². The SMILES string of the molecule is CC[C@@H](CNC(=O)OC(C)(C)C)C[C@H]1C[C@]1(C(=O)OC)c1cn(-c2ccccc2)cn1.CC[C@H](CNC(=O)OC(C)(C)C)C[C@H]1C[C@]1(C(=O)OC)c1cn(-c2ccccc2)cn1. The number of amides is 2. The van der Waals surface area contributed by atoms with E-state index in [2.05, 4.69) is 34.4 Å². The van der Waals surface area contributed by atoms with Crippen LogP contribution >= 0.6 is 0 Å². The van der Waals surface area contributed by atoms with Gasteiger partial charge in [0.05, 0.1) is 38.3 Å². The zero-order valence-corrected chi connectivity index (χ0v) is 38.1. The van der Waals surface area contributed by atoms with Crippen molar-refractivity contribution >= 4 is 24.1 Å². The topological polar surface area (TPSA) is 165 Å². The van der Waals surface area contributed by atoms with Gasteiger partial charge >= 0.3 is 24.1 Å². The van der Waals surface area contributed by atoms with Crippen molar-refractivity contribution in [3.05, 3.63) is 97.1 Å². The molecule has 0 unspecified atom stereocenters. The van der Waals surface area contributed by atoms with E-state index in [1.807, 2.05) is 124 Å². The molecule has 2 amide bonds. The highest BCUT2D eigenvalue weighted by molar-refractivity contribution is 5.87. The van der Waals surface area contributed by atoms with Gasteiger partial charge in [0.15, 0.2) is 0 Å². The lowest BCUT2D eigenvalue weighted by Crippen LogP contribution is -2.35. The van der Waals surface area contributed by atoms with Gasteiger partial charge < -0.3 is 38.7 Å². The number of benzene rings is 2. The maximum absolute atomic E-state index is 12.8. The fraction of sp³-hybridized carbons (Fsp3) is 0.542. The average Bonchev–Trinajstić information content (AvgIpc) is 3.96. The molecule has 4 aromatic rings. The van der Waals surface area contributed by atoms with E-state index in [4.69, 9.17) is 18.9 Å². The second-order valence-corrected chi connectivity index (χ2v) is 18.5. The number of nitrogens with zero attached hydrogens (tertiary/aromatic N) is 4. The van der Waals surface area contributed by atoms with Crippen LogP contribution in [0.1, 0.15) is 105 Å². The third-order valence-corrected chi connectivity index (χ3v) is 11.8. The minimum absolute atomic E-state index is 0.129. The molecule has 0 saturated heterocycles. The molecule has 2 aromatic carbocycles. The van der Waals surface area contributed by atoms with Crippen LogP contribution in [0.3, 0.4) is 0 Å². The van der Waals surface area contributed by atoms with Crippen LogP contribution in [0.15, 0.2) is 85.7 Å². The van der Waals surface area contributed by atoms with E-state index in [0.717, 1.165) is 48.4 Å². The van der Waals surface area contributed by atoms with E-state index in [0.29, 0.717) is 25.9 Å². The fourth-order valence-corrected chi connectivity index (χ4v) is 8.20. The number of carbonyl (C=O) groups is 4. The summed E-state index contributed by atoms with van der Waals surface area (Å²) in [7, 11) is 2.85. The predicted molar refractivity (Wildman–Crippen MR) is 236 cm³/mol. The monoisotopic (exact) mass is 854 g/mol. The van der Waals surface area contributed by atoms with Gasteiger partial charge in [-0.2, -0.15) is 0 Å². The van der Waals surface area contributed by atoms with Crippen molar-refractivity contribution in [1.29, 1.82) is 0 Å². The Morgan fingerprint density at radius 1 is 0.645 bits per heavy atom. The summed E-state index contributed by atoms with van der Waals surface area (Å²) < 4.78 is 24.8. The standard InChI is InChI=1S/2C24H33N3O4/c2*1-6-17(14-25-22(29)31-23(2,3)4)12-18-13-24(18,21(28)30-5)20-15-27(16-26-20)19-10-8-7-9-11-19/h2*7-11,15-18H,6,12-14H2,1-5H3,(H,25,29)/t17-,18+,24-;17-,18-,24+/m10/s1. The summed E-state index contributed by atoms with van der Waals surface area (Å²) >= 11 is 0. The number of nitrogens with one attached hydrogen (secondary N) is 2. The van der Waals surface area contributed by atoms with Crippen LogP contribution in [0.25, 0.3) is 11.4 Å². The number of hydrogen-bond donors (Lipinski definition) is 2. The molecule has 336 valence electrons. The quantitative estimate of drug-likeness (QED) is 0.0825. The zero-order valence-electron chi connectivity index (χ0n) is 38.1. The number of aromatic nitrogens is 4. The summed E-state index contributed by atoms with van der Waals surface area (Å²) in [5, 5.41) is 5.72. The largest absolute Gasteiger partial charge is 0.468 e. The van der Waals surface area contributed by atoms with Crippen LogP contribution in [-0.2, 0) is 39.4 Å². The van der Waals surface area contributed by atoms with Crippen molar-refractivity contribution in [3.8, 4) is 11.4 Å². The number of rotatable bonds is 16. The normalized spacial score (nSPS) is 21.3. The highest BCUT2D eigenvalue weighted by atomic mass is 16.6. The maximum Gasteiger partial charge on any atom is 0.407 e. The van der Waals surface area contributed by atoms with Crippen molar-refractivity contribution in [2.45, 2.75) is 116 Å². The summed E-state index contributed by atoms with van der Waals surface area (Å²) in [4.78, 5) is 58.7. The molecule has 2 aromatic heterocycles. The average molecular weight is 855 g/mol. The number of imidazole rings is 2. The Hall–Kier alpha value is -5.66. The number of alkyl carbamates (subject to hydrolysis) is 2. The second-order valence-electron chi connectivity index (χ2n) is 18.5. The summed E-state index contributed by atoms with van der Waals surface area (Å²) in [6.07, 6.45) is 11.3. The molecule has 14 heteroatoms. The van der Waals surface area contributed by atoms with Crippen molar-refractivity contribution in [1.82, 2.24) is 29.7 Å². The van der Waals surface area contributed by atoms with Gasteiger partial charge in [-0.3, -0.25) is 9.59 Å². The highest BCUT2D eigenvalue weighted by Gasteiger charge is 2.64. The number of hydrogen-bond acceptors (Lipinski definition) is 10. The first-order valence-corrected chi connectivity index (χ1v) is 21.7. The Bertz CT molecular complexity index is 1960. The fourth-order valence-electron chi connectivity index (χ4n) is 8.20. The van der Waals surface area contributed by atoms with Crippen LogP contribution in [0.5, 0.6) is 0 Å². The zero-order chi connectivity index (χ0) is 45.3. The molecule has 2 saturated carbocycles. The summed E-state index contributed by atoms with van der Waals surface area (Å²) in [5.74, 6) is 0.242. The highest BCUT2D eigenvalue weighted by Crippen LogP contribution is 2.58. The van der Waals surface area contributed by atoms with Gasteiger partial charge in [-0.25, -0.2) is 19.6 Å². The summed E-state index contributed by atoms with van der Waals surface area (Å²) in [5.41, 5.74) is 0.978. The molecule has 2 aliphatic carbocycles. The van der Waals surface area contributed by atoms with Crippen LogP contribution in [0.2, 0.25) is 0 Å². The molecule has 0 spiro atoms. The van der Waals surface area contributed by atoms with Gasteiger partial charge in [0.2, 0.25) is 0 Å². The number of esters is 2.